The van der Waals surface area contributed by atoms with E-state index in [0.717, 1.165) is 0 Å². The predicted octanol–water partition coefficient (Wildman–Crippen LogP) is 5.09. The van der Waals surface area contributed by atoms with Gasteiger partial charge in [0.2, 0.25) is 0 Å². The molecule has 3 amide bonds. The number of anilines is 2. The molecule has 1 saturated heterocycles. The van der Waals surface area contributed by atoms with E-state index < -0.39 is 11.7 Å². The lowest BCUT2D eigenvalue weighted by molar-refractivity contribution is 0.00856. The zero-order valence-electron chi connectivity index (χ0n) is 20.8. The van der Waals surface area contributed by atoms with Crippen LogP contribution in [0.25, 0.3) is 0 Å². The molecule has 0 unspecified atom stereocenters. The Labute approximate surface area is 223 Å². The maximum Gasteiger partial charge on any atom is 0.410 e. The minimum absolute atomic E-state index is 0.136. The molecule has 1 aromatic carbocycles. The van der Waals surface area contributed by atoms with Gasteiger partial charge in [-0.15, -0.1) is 0 Å². The Bertz CT molecular complexity index is 1170. The summed E-state index contributed by atoms with van der Waals surface area (Å²) in [4.78, 5) is 40.1. The van der Waals surface area contributed by atoms with E-state index in [1.807, 2.05) is 6.26 Å². The fourth-order valence-corrected chi connectivity index (χ4v) is 5.01. The molecule has 36 heavy (non-hydrogen) atoms. The average Bonchev–Trinajstić information content (AvgIpc) is 2.78. The summed E-state index contributed by atoms with van der Waals surface area (Å²) in [5, 5.41) is 0.874. The number of benzene rings is 1. The number of aromatic nitrogens is 2. The first-order valence-electron chi connectivity index (χ1n) is 11.1. The summed E-state index contributed by atoms with van der Waals surface area (Å²) in [5.41, 5.74) is 0.343. The van der Waals surface area contributed by atoms with Crippen LogP contribution in [0.1, 0.15) is 26.3 Å². The van der Waals surface area contributed by atoms with Gasteiger partial charge < -0.3 is 19.1 Å². The summed E-state index contributed by atoms with van der Waals surface area (Å²) < 4.78 is 16.2. The molecule has 0 bridgehead atoms. The molecule has 0 saturated carbocycles. The first-order chi connectivity index (χ1) is 17.0. The fourth-order valence-electron chi connectivity index (χ4n) is 3.97. The summed E-state index contributed by atoms with van der Waals surface area (Å²) in [6.45, 7) is 6.13. The summed E-state index contributed by atoms with van der Waals surface area (Å²) >= 11 is 14.6. The highest BCUT2D eigenvalue weighted by atomic mass is 35.5. The number of ether oxygens (including phenoxy) is 3. The number of thioether (sulfide) groups is 1. The molecule has 0 atom stereocenters. The lowest BCUT2D eigenvalue weighted by atomic mass is 10.1. The number of fused-ring (bicyclic) bond motifs is 1. The fraction of sp³-hybridized carbons (Fsp3) is 0.478. The van der Waals surface area contributed by atoms with Crippen LogP contribution < -0.4 is 19.3 Å². The van der Waals surface area contributed by atoms with Crippen LogP contribution >= 0.6 is 35.0 Å². The number of carbonyl (C=O) groups is 2. The molecule has 1 fully saturated rings. The third kappa shape index (κ3) is 4.83. The SMILES string of the molecule is COc1cc(OC)c(Cl)c(N2Cc3cnc(SC)nc3N(C3CN(C(=O)OC(C)(C)C)C3)C2=O)c1Cl. The zero-order valence-corrected chi connectivity index (χ0v) is 23.1. The Morgan fingerprint density at radius 2 is 1.75 bits per heavy atom. The van der Waals surface area contributed by atoms with Gasteiger partial charge in [0, 0.05) is 30.9 Å². The Balaban J connectivity index is 1.73. The Hall–Kier alpha value is -2.63. The molecule has 1 aromatic heterocycles. The monoisotopic (exact) mass is 555 g/mol. The first kappa shape index (κ1) is 26.4. The number of carbonyl (C=O) groups excluding carboxylic acids is 2. The van der Waals surface area contributed by atoms with E-state index in [1.54, 1.807) is 42.8 Å². The highest BCUT2D eigenvalue weighted by Crippen LogP contribution is 2.48. The molecule has 3 heterocycles. The van der Waals surface area contributed by atoms with Crippen molar-refractivity contribution in [3.63, 3.8) is 0 Å². The second kappa shape index (κ2) is 10.0. The van der Waals surface area contributed by atoms with Gasteiger partial charge in [-0.2, -0.15) is 0 Å². The van der Waals surface area contributed by atoms with Crippen LogP contribution in [0.4, 0.5) is 21.1 Å². The number of methoxy groups -OCH3 is 2. The molecular formula is C23H27Cl2N5O5S. The van der Waals surface area contributed by atoms with Crippen molar-refractivity contribution < 1.29 is 23.8 Å². The Morgan fingerprint density at radius 3 is 2.28 bits per heavy atom. The van der Waals surface area contributed by atoms with E-state index in [0.29, 0.717) is 28.0 Å². The number of hydrogen-bond donors (Lipinski definition) is 0. The second-order valence-electron chi connectivity index (χ2n) is 9.24. The molecule has 194 valence electrons. The van der Waals surface area contributed by atoms with Gasteiger partial charge >= 0.3 is 12.1 Å². The Morgan fingerprint density at radius 1 is 1.14 bits per heavy atom. The van der Waals surface area contributed by atoms with Crippen LogP contribution in [0.2, 0.25) is 10.0 Å². The lowest BCUT2D eigenvalue weighted by Crippen LogP contribution is -2.66. The summed E-state index contributed by atoms with van der Waals surface area (Å²) in [5.74, 6) is 1.12. The molecule has 0 N–H and O–H groups in total. The molecule has 0 aliphatic carbocycles. The molecule has 0 spiro atoms. The van der Waals surface area contributed by atoms with Crippen LogP contribution in [-0.2, 0) is 11.3 Å². The number of hydrogen-bond acceptors (Lipinski definition) is 8. The number of halogens is 2. The predicted molar refractivity (Wildman–Crippen MR) is 139 cm³/mol. The standard InChI is InChI=1S/C23H27Cl2N5O5S/c1-23(2,3)35-22(32)28-10-13(11-28)30-19-12(8-26-20(27-19)36-6)9-29(21(30)31)18-16(24)14(33-4)7-15(34-5)17(18)25/h7-8,13H,9-11H2,1-6H3. The van der Waals surface area contributed by atoms with E-state index in [-0.39, 0.29) is 47.4 Å². The van der Waals surface area contributed by atoms with Crippen LogP contribution in [0.15, 0.2) is 17.4 Å². The van der Waals surface area contributed by atoms with Crippen molar-refractivity contribution in [3.8, 4) is 11.5 Å². The van der Waals surface area contributed by atoms with Gasteiger partial charge in [-0.25, -0.2) is 19.6 Å². The van der Waals surface area contributed by atoms with Gasteiger partial charge in [-0.3, -0.25) is 9.80 Å². The Kier molecular flexibility index (Phi) is 7.36. The van der Waals surface area contributed by atoms with E-state index in [4.69, 9.17) is 37.4 Å². The molecule has 4 rings (SSSR count). The number of urea groups is 1. The quantitative estimate of drug-likeness (QED) is 0.371. The van der Waals surface area contributed by atoms with Gasteiger partial charge in [0.05, 0.1) is 32.5 Å². The van der Waals surface area contributed by atoms with Gasteiger partial charge in [-0.05, 0) is 27.0 Å². The summed E-state index contributed by atoms with van der Waals surface area (Å²) in [6.07, 6.45) is 3.11. The minimum Gasteiger partial charge on any atom is -0.495 e. The average molecular weight is 556 g/mol. The zero-order chi connectivity index (χ0) is 26.4. The first-order valence-corrected chi connectivity index (χ1v) is 13.1. The van der Waals surface area contributed by atoms with E-state index in [1.165, 1.54) is 30.9 Å². The largest absolute Gasteiger partial charge is 0.495 e. The molecule has 10 nitrogen and oxygen atoms in total. The van der Waals surface area contributed by atoms with Crippen LogP contribution in [0.5, 0.6) is 11.5 Å². The molecule has 13 heteroatoms. The van der Waals surface area contributed by atoms with Gasteiger partial charge in [0.25, 0.3) is 0 Å². The van der Waals surface area contributed by atoms with Crippen molar-refractivity contribution in [2.24, 2.45) is 0 Å². The summed E-state index contributed by atoms with van der Waals surface area (Å²) in [7, 11) is 2.94. The van der Waals surface area contributed by atoms with Crippen molar-refractivity contribution in [1.29, 1.82) is 0 Å². The number of nitrogens with zero attached hydrogens (tertiary/aromatic N) is 5. The number of amides is 3. The van der Waals surface area contributed by atoms with E-state index in [9.17, 15) is 9.59 Å². The van der Waals surface area contributed by atoms with Crippen molar-refractivity contribution >= 4 is 58.6 Å². The minimum atomic E-state index is -0.619. The molecule has 2 aliphatic heterocycles. The molecule has 0 radical (unpaired) electrons. The smallest absolute Gasteiger partial charge is 0.410 e. The van der Waals surface area contributed by atoms with Gasteiger partial charge in [-0.1, -0.05) is 35.0 Å². The topological polar surface area (TPSA) is 97.3 Å². The maximum absolute atomic E-state index is 14.0. The molecular weight excluding hydrogens is 529 g/mol. The van der Waals surface area contributed by atoms with Gasteiger partial charge in [0.1, 0.15) is 33.0 Å². The van der Waals surface area contributed by atoms with Crippen LogP contribution in [0, 0.1) is 0 Å². The van der Waals surface area contributed by atoms with Gasteiger partial charge in [0.15, 0.2) is 5.16 Å². The molecule has 2 aliphatic rings. The summed E-state index contributed by atoms with van der Waals surface area (Å²) in [6, 6.07) is 0.842. The van der Waals surface area contributed by atoms with Crippen molar-refractivity contribution in [3.05, 3.63) is 27.9 Å². The van der Waals surface area contributed by atoms with E-state index >= 15 is 0 Å². The van der Waals surface area contributed by atoms with Crippen molar-refractivity contribution in [2.45, 2.75) is 44.1 Å². The highest BCUT2D eigenvalue weighted by molar-refractivity contribution is 7.98. The third-order valence-corrected chi connectivity index (χ3v) is 6.99. The number of likely N-dealkylation sites (tertiary alicyclic amines) is 1. The number of rotatable bonds is 5. The maximum atomic E-state index is 14.0. The van der Waals surface area contributed by atoms with Crippen molar-refractivity contribution in [1.82, 2.24) is 14.9 Å². The second-order valence-corrected chi connectivity index (χ2v) is 10.8. The highest BCUT2D eigenvalue weighted by Gasteiger charge is 2.45. The lowest BCUT2D eigenvalue weighted by Gasteiger charge is -2.48. The van der Waals surface area contributed by atoms with Crippen LogP contribution in [0.3, 0.4) is 0 Å². The third-order valence-electron chi connectivity index (χ3n) is 5.70. The normalized spacial score (nSPS) is 16.0. The van der Waals surface area contributed by atoms with E-state index in [2.05, 4.69) is 9.97 Å². The van der Waals surface area contributed by atoms with Crippen molar-refractivity contribution in [2.75, 3.05) is 43.4 Å². The van der Waals surface area contributed by atoms with Crippen LogP contribution in [-0.4, -0.2) is 72.2 Å². The molecule has 2 aromatic rings.